The monoisotopic (exact) mass is 568 g/mol. The third kappa shape index (κ3) is 7.31. The van der Waals surface area contributed by atoms with Gasteiger partial charge in [-0.1, -0.05) is 17.3 Å². The Labute approximate surface area is 214 Å². The molecule has 0 saturated carbocycles. The third-order valence-corrected chi connectivity index (χ3v) is 6.47. The molecule has 3 heterocycles. The number of nitrogens with one attached hydrogen (secondary N) is 1. The van der Waals surface area contributed by atoms with Crippen molar-refractivity contribution in [2.45, 2.75) is 32.9 Å². The summed E-state index contributed by atoms with van der Waals surface area (Å²) in [4.78, 5) is 12.1. The molecule has 1 aromatic heterocycles. The minimum absolute atomic E-state index is 0. The Morgan fingerprint density at radius 3 is 2.42 bits per heavy atom. The highest BCUT2D eigenvalue weighted by atomic mass is 127. The average Bonchev–Trinajstić information content (AvgIpc) is 3.36. The van der Waals surface area contributed by atoms with Crippen molar-refractivity contribution in [1.29, 1.82) is 0 Å². The fourth-order valence-electron chi connectivity index (χ4n) is 4.44. The Morgan fingerprint density at radius 1 is 1.09 bits per heavy atom. The number of hydrogen-bond donors (Lipinski definition) is 2. The lowest BCUT2D eigenvalue weighted by atomic mass is 9.97. The summed E-state index contributed by atoms with van der Waals surface area (Å²) in [7, 11) is 0. The van der Waals surface area contributed by atoms with E-state index in [2.05, 4.69) is 56.4 Å². The summed E-state index contributed by atoms with van der Waals surface area (Å²) in [5.41, 5.74) is 3.48. The topological polar surface area (TPSA) is 80.4 Å². The number of hydrogen-bond acceptors (Lipinski definition) is 6. The number of nitrogens with zero attached hydrogens (tertiary/aromatic N) is 5. The summed E-state index contributed by atoms with van der Waals surface area (Å²) >= 11 is 0. The Hall–Kier alpha value is -1.85. The van der Waals surface area contributed by atoms with Crippen LogP contribution in [0.3, 0.4) is 0 Å². The van der Waals surface area contributed by atoms with Gasteiger partial charge in [0.05, 0.1) is 12.2 Å². The van der Waals surface area contributed by atoms with E-state index in [9.17, 15) is 5.11 Å². The zero-order chi connectivity index (χ0) is 22.2. The van der Waals surface area contributed by atoms with Crippen molar-refractivity contribution in [2.24, 2.45) is 10.9 Å². The van der Waals surface area contributed by atoms with Crippen LogP contribution in [0.15, 0.2) is 46.1 Å². The third-order valence-electron chi connectivity index (χ3n) is 6.47. The number of aliphatic hydroxyl groups is 1. The largest absolute Gasteiger partial charge is 0.396 e. The second kappa shape index (κ2) is 13.1. The molecule has 2 aromatic rings. The second-order valence-corrected chi connectivity index (χ2v) is 8.70. The molecule has 0 aliphatic carbocycles. The highest BCUT2D eigenvalue weighted by Crippen LogP contribution is 2.23. The highest BCUT2D eigenvalue weighted by Gasteiger charge is 2.21. The molecule has 2 aliphatic rings. The lowest BCUT2D eigenvalue weighted by molar-refractivity contribution is 0.169. The summed E-state index contributed by atoms with van der Waals surface area (Å²) in [6.45, 7) is 10.7. The molecular weight excluding hydrogens is 531 g/mol. The number of aliphatic imine (C=N–C) groups is 1. The predicted molar refractivity (Wildman–Crippen MR) is 142 cm³/mol. The van der Waals surface area contributed by atoms with Gasteiger partial charge in [0.1, 0.15) is 6.26 Å². The normalized spacial score (nSPS) is 18.3. The fraction of sp³-hybridized carbons (Fsp3) is 0.583. The van der Waals surface area contributed by atoms with E-state index < -0.39 is 0 Å². The van der Waals surface area contributed by atoms with E-state index in [0.29, 0.717) is 19.1 Å². The van der Waals surface area contributed by atoms with Gasteiger partial charge in [-0.15, -0.1) is 24.0 Å². The van der Waals surface area contributed by atoms with Gasteiger partial charge in [0.15, 0.2) is 5.96 Å². The molecule has 1 aromatic carbocycles. The van der Waals surface area contributed by atoms with Crippen molar-refractivity contribution >= 4 is 35.6 Å². The van der Waals surface area contributed by atoms with Gasteiger partial charge in [0.25, 0.3) is 0 Å². The van der Waals surface area contributed by atoms with Crippen molar-refractivity contribution < 1.29 is 9.63 Å². The summed E-state index contributed by atoms with van der Waals surface area (Å²) < 4.78 is 4.94. The van der Waals surface area contributed by atoms with E-state index in [4.69, 9.17) is 9.52 Å². The van der Waals surface area contributed by atoms with Crippen molar-refractivity contribution in [3.05, 3.63) is 47.9 Å². The maximum Gasteiger partial charge on any atom is 0.194 e. The van der Waals surface area contributed by atoms with Crippen LogP contribution < -0.4 is 10.2 Å². The molecule has 0 amide bonds. The summed E-state index contributed by atoms with van der Waals surface area (Å²) in [5, 5.41) is 16.8. The zero-order valence-electron chi connectivity index (χ0n) is 19.5. The zero-order valence-corrected chi connectivity index (χ0v) is 21.9. The van der Waals surface area contributed by atoms with Crippen LogP contribution >= 0.6 is 24.0 Å². The fourth-order valence-corrected chi connectivity index (χ4v) is 4.44. The van der Waals surface area contributed by atoms with Crippen LogP contribution in [0.4, 0.5) is 5.69 Å². The smallest absolute Gasteiger partial charge is 0.194 e. The minimum Gasteiger partial charge on any atom is -0.396 e. The van der Waals surface area contributed by atoms with Gasteiger partial charge in [-0.3, -0.25) is 4.90 Å². The van der Waals surface area contributed by atoms with Crippen molar-refractivity contribution in [2.75, 3.05) is 57.3 Å². The van der Waals surface area contributed by atoms with Crippen LogP contribution in [0.2, 0.25) is 0 Å². The van der Waals surface area contributed by atoms with E-state index in [1.54, 1.807) is 6.26 Å². The van der Waals surface area contributed by atoms with Crippen molar-refractivity contribution in [1.82, 2.24) is 20.3 Å². The molecule has 8 nitrogen and oxygen atoms in total. The molecule has 4 rings (SSSR count). The van der Waals surface area contributed by atoms with Gasteiger partial charge in [0, 0.05) is 70.7 Å². The molecule has 33 heavy (non-hydrogen) atoms. The number of halogens is 1. The number of piperazine rings is 1. The number of aromatic nitrogens is 1. The van der Waals surface area contributed by atoms with E-state index in [-0.39, 0.29) is 24.0 Å². The molecule has 9 heteroatoms. The molecule has 2 fully saturated rings. The summed E-state index contributed by atoms with van der Waals surface area (Å²) in [5.74, 6) is 1.46. The van der Waals surface area contributed by atoms with Crippen molar-refractivity contribution in [3.63, 3.8) is 0 Å². The van der Waals surface area contributed by atoms with Crippen LogP contribution in [-0.4, -0.2) is 78.4 Å². The maximum absolute atomic E-state index is 9.34. The standard InChI is InChI=1S/C24H36N6O2.HI/c1-2-25-24(30-14-12-28(13-15-30)18-22-9-16-32-27-22)26-17-20-3-5-23(6-4-20)29-10-7-21(19-31)8-11-29;/h3-6,9,16,21,31H,2,7-8,10-15,17-19H2,1H3,(H,25,26);1H. The Balaban J connectivity index is 0.00000306. The Morgan fingerprint density at radius 2 is 1.82 bits per heavy atom. The van der Waals surface area contributed by atoms with E-state index >= 15 is 0 Å². The van der Waals surface area contributed by atoms with E-state index in [1.165, 1.54) is 11.3 Å². The molecule has 2 N–H and O–H groups in total. The molecule has 182 valence electrons. The first-order chi connectivity index (χ1) is 15.7. The average molecular weight is 569 g/mol. The first-order valence-corrected chi connectivity index (χ1v) is 11.8. The number of rotatable bonds is 7. The number of guanidine groups is 1. The highest BCUT2D eigenvalue weighted by molar-refractivity contribution is 14.0. The maximum atomic E-state index is 9.34. The molecule has 0 spiro atoms. The molecule has 2 aliphatic heterocycles. The van der Waals surface area contributed by atoms with Crippen LogP contribution in [-0.2, 0) is 13.1 Å². The van der Waals surface area contributed by atoms with E-state index in [1.807, 2.05) is 6.07 Å². The lowest BCUT2D eigenvalue weighted by Gasteiger charge is -2.36. The van der Waals surface area contributed by atoms with Gasteiger partial charge in [-0.05, 0) is 43.4 Å². The van der Waals surface area contributed by atoms with Crippen molar-refractivity contribution in [3.8, 4) is 0 Å². The number of anilines is 1. The van der Waals surface area contributed by atoms with E-state index in [0.717, 1.165) is 76.9 Å². The molecule has 2 saturated heterocycles. The number of piperidine rings is 1. The van der Waals surface area contributed by atoms with Gasteiger partial charge in [-0.25, -0.2) is 4.99 Å². The molecule has 0 atom stereocenters. The second-order valence-electron chi connectivity index (χ2n) is 8.70. The van der Waals surface area contributed by atoms with Crippen LogP contribution in [0.5, 0.6) is 0 Å². The number of benzene rings is 1. The van der Waals surface area contributed by atoms with Gasteiger partial charge < -0.3 is 24.7 Å². The first-order valence-electron chi connectivity index (χ1n) is 11.8. The van der Waals surface area contributed by atoms with Gasteiger partial charge in [0.2, 0.25) is 0 Å². The lowest BCUT2D eigenvalue weighted by Crippen LogP contribution is -2.52. The van der Waals surface area contributed by atoms with Crippen LogP contribution in [0, 0.1) is 5.92 Å². The Kier molecular flexibility index (Phi) is 10.3. The first kappa shape index (κ1) is 25.8. The summed E-state index contributed by atoms with van der Waals surface area (Å²) in [6, 6.07) is 10.7. The molecular formula is C24H37IN6O2. The van der Waals surface area contributed by atoms with Crippen LogP contribution in [0.25, 0.3) is 0 Å². The molecule has 0 unspecified atom stereocenters. The SMILES string of the molecule is CCNC(=NCc1ccc(N2CCC(CO)CC2)cc1)N1CCN(Cc2ccon2)CC1.I. The summed E-state index contributed by atoms with van der Waals surface area (Å²) in [6.07, 6.45) is 3.77. The predicted octanol–water partition coefficient (Wildman–Crippen LogP) is 2.78. The van der Waals surface area contributed by atoms with Gasteiger partial charge in [-0.2, -0.15) is 0 Å². The quantitative estimate of drug-likeness (QED) is 0.302. The minimum atomic E-state index is 0. The van der Waals surface area contributed by atoms with Crippen LogP contribution in [0.1, 0.15) is 31.0 Å². The Bertz CT molecular complexity index is 829. The number of aliphatic hydroxyl groups excluding tert-OH is 1. The molecule has 0 radical (unpaired) electrons. The van der Waals surface area contributed by atoms with Gasteiger partial charge >= 0.3 is 0 Å². The molecule has 0 bridgehead atoms.